The Balaban J connectivity index is 0.964. The monoisotopic (exact) mass is 899 g/mol. The number of aliphatic hydroxyl groups excluding tert-OH is 1. The van der Waals surface area contributed by atoms with Gasteiger partial charge in [-0.1, -0.05) is 132 Å². The van der Waals surface area contributed by atoms with Crippen LogP contribution in [0.1, 0.15) is 70.6 Å². The summed E-state index contributed by atoms with van der Waals surface area (Å²) in [6, 6.07) is 46.1. The highest BCUT2D eigenvalue weighted by molar-refractivity contribution is 7.89. The molecule has 1 amide bonds. The van der Waals surface area contributed by atoms with Gasteiger partial charge in [0, 0.05) is 43.2 Å². The van der Waals surface area contributed by atoms with Gasteiger partial charge in [-0.05, 0) is 102 Å². The van der Waals surface area contributed by atoms with Gasteiger partial charge in [0.1, 0.15) is 6.04 Å². The second kappa shape index (κ2) is 20.3. The number of aryl methyl sites for hydroxylation is 1. The van der Waals surface area contributed by atoms with Crippen LogP contribution < -0.4 is 10.0 Å². The first kappa shape index (κ1) is 45.4. The third kappa shape index (κ3) is 11.4. The fourth-order valence-corrected chi connectivity index (χ4v) is 9.85. The molecule has 64 heavy (non-hydrogen) atoms. The van der Waals surface area contributed by atoms with E-state index in [1.807, 2.05) is 128 Å². The third-order valence-corrected chi connectivity index (χ3v) is 14.0. The largest absolute Gasteiger partial charge is 0.392 e. The summed E-state index contributed by atoms with van der Waals surface area (Å²) in [6.07, 6.45) is 0.931. The summed E-state index contributed by atoms with van der Waals surface area (Å²) in [5.74, 6) is -0.435. The highest BCUT2D eigenvalue weighted by Crippen LogP contribution is 2.40. The molecule has 0 saturated carbocycles. The molecule has 12 heteroatoms. The van der Waals surface area contributed by atoms with Crippen LogP contribution in [0.25, 0.3) is 11.1 Å². The van der Waals surface area contributed by atoms with Gasteiger partial charge < -0.3 is 29.9 Å². The lowest BCUT2D eigenvalue weighted by atomic mass is 9.84. The summed E-state index contributed by atoms with van der Waals surface area (Å²) in [7, 11) is -3.98. The molecule has 2 fully saturated rings. The molecule has 0 aromatic heterocycles. The van der Waals surface area contributed by atoms with Crippen molar-refractivity contribution in [1.29, 1.82) is 0 Å². The van der Waals surface area contributed by atoms with Crippen LogP contribution in [0.15, 0.2) is 157 Å². The van der Waals surface area contributed by atoms with Crippen molar-refractivity contribution in [2.24, 2.45) is 0 Å². The fraction of sp³-hybridized carbons (Fsp3) is 0.288. The Kier molecular flexibility index (Phi) is 14.4. The number of amides is 1. The van der Waals surface area contributed by atoms with Crippen LogP contribution in [-0.2, 0) is 49.5 Å². The van der Waals surface area contributed by atoms with Crippen molar-refractivity contribution in [3.8, 4) is 11.1 Å². The van der Waals surface area contributed by atoms with E-state index in [4.69, 9.17) is 21.1 Å². The zero-order valence-electron chi connectivity index (χ0n) is 35.8. The first-order valence-electron chi connectivity index (χ1n) is 21.7. The van der Waals surface area contributed by atoms with Gasteiger partial charge in [-0.2, -0.15) is 4.72 Å². The van der Waals surface area contributed by atoms with Crippen LogP contribution in [0.5, 0.6) is 0 Å². The van der Waals surface area contributed by atoms with Crippen molar-refractivity contribution in [1.82, 2.24) is 14.9 Å². The molecule has 0 bridgehead atoms. The molecule has 0 spiro atoms. The fourth-order valence-electron chi connectivity index (χ4n) is 8.52. The number of sulfonamides is 1. The standard InChI is InChI=1S/C52H54ClN3O7S/c1-36-13-23-47(24-14-36)64(60,61)55-48(30-37-7-3-2-4-8-37)50(58)54-33-39-9-5-10-41(29-39)42-11-6-12-43(31-42)51-62-46(32-49(63-51)40-17-15-38(35-57)16-18-40)34-56-27-25-52(59,26-28-56)44-19-21-45(53)22-20-44/h2-24,29,31,46,48-49,51,55,57,59H,25-28,30,32-35H2,1H3,(H,54,58)/t46-,48+,49+,51+/m0/s1. The van der Waals surface area contributed by atoms with Gasteiger partial charge in [0.25, 0.3) is 0 Å². The van der Waals surface area contributed by atoms with Crippen LogP contribution >= 0.6 is 11.6 Å². The Labute approximate surface area is 380 Å². The average Bonchev–Trinajstić information content (AvgIpc) is 3.32. The number of rotatable bonds is 15. The number of piperidine rings is 1. The minimum Gasteiger partial charge on any atom is -0.392 e. The van der Waals surface area contributed by atoms with E-state index in [0.29, 0.717) is 43.9 Å². The van der Waals surface area contributed by atoms with E-state index in [1.54, 1.807) is 12.1 Å². The van der Waals surface area contributed by atoms with Crippen molar-refractivity contribution < 1.29 is 32.9 Å². The molecule has 2 heterocycles. The SMILES string of the molecule is Cc1ccc(S(=O)(=O)N[C@H](Cc2ccccc2)C(=O)NCc2cccc(-c3cccc([C@@H]4O[C@H](CN5CCC(O)(c6ccc(Cl)cc6)CC5)C[C@H](c5ccc(CO)cc5)O4)c3)c2)cc1. The predicted octanol–water partition coefficient (Wildman–Crippen LogP) is 8.54. The maximum absolute atomic E-state index is 13.8. The van der Waals surface area contributed by atoms with Crippen LogP contribution in [-0.4, -0.2) is 61.2 Å². The molecule has 4 N–H and O–H groups in total. The molecular weight excluding hydrogens is 846 g/mol. The molecule has 2 aliphatic rings. The lowest BCUT2D eigenvalue weighted by Crippen LogP contribution is -2.47. The molecule has 0 aliphatic carbocycles. The quantitative estimate of drug-likeness (QED) is 0.0806. The zero-order valence-corrected chi connectivity index (χ0v) is 37.3. The van der Waals surface area contributed by atoms with Gasteiger partial charge in [0.2, 0.25) is 15.9 Å². The number of hydrogen-bond acceptors (Lipinski definition) is 8. The van der Waals surface area contributed by atoms with Crippen molar-refractivity contribution in [2.75, 3.05) is 19.6 Å². The van der Waals surface area contributed by atoms with E-state index in [-0.39, 0.29) is 36.7 Å². The molecule has 0 unspecified atom stereocenters. The van der Waals surface area contributed by atoms with Gasteiger partial charge in [-0.25, -0.2) is 8.42 Å². The van der Waals surface area contributed by atoms with Crippen LogP contribution in [0.4, 0.5) is 0 Å². The highest BCUT2D eigenvalue weighted by atomic mass is 35.5. The average molecular weight is 901 g/mol. The van der Waals surface area contributed by atoms with E-state index < -0.39 is 33.9 Å². The summed E-state index contributed by atoms with van der Waals surface area (Å²) >= 11 is 6.13. The Morgan fingerprint density at radius 1 is 0.781 bits per heavy atom. The molecule has 2 aliphatic heterocycles. The van der Waals surface area contributed by atoms with E-state index in [1.165, 1.54) is 12.1 Å². The number of aliphatic hydroxyl groups is 2. The van der Waals surface area contributed by atoms with Crippen LogP contribution in [0, 0.1) is 6.92 Å². The van der Waals surface area contributed by atoms with Crippen LogP contribution in [0.2, 0.25) is 5.02 Å². The Morgan fingerprint density at radius 3 is 2.16 bits per heavy atom. The predicted molar refractivity (Wildman–Crippen MR) is 249 cm³/mol. The molecular formula is C52H54ClN3O7S. The number of nitrogens with zero attached hydrogens (tertiary/aromatic N) is 1. The number of carbonyl (C=O) groups is 1. The van der Waals surface area contributed by atoms with Crippen molar-refractivity contribution in [3.05, 3.63) is 196 Å². The molecule has 6 aromatic carbocycles. The molecule has 8 rings (SSSR count). The molecule has 2 saturated heterocycles. The topological polar surface area (TPSA) is 137 Å². The Morgan fingerprint density at radius 2 is 1.45 bits per heavy atom. The maximum Gasteiger partial charge on any atom is 0.241 e. The van der Waals surface area contributed by atoms with Crippen molar-refractivity contribution in [3.63, 3.8) is 0 Å². The van der Waals surface area contributed by atoms with Gasteiger partial charge in [-0.15, -0.1) is 0 Å². The maximum atomic E-state index is 13.8. The number of benzene rings is 6. The second-order valence-corrected chi connectivity index (χ2v) is 19.1. The van der Waals surface area contributed by atoms with Crippen molar-refractivity contribution in [2.45, 2.75) is 80.8 Å². The lowest BCUT2D eigenvalue weighted by Gasteiger charge is -2.42. The lowest BCUT2D eigenvalue weighted by molar-refractivity contribution is -0.253. The first-order valence-corrected chi connectivity index (χ1v) is 23.6. The number of nitrogens with one attached hydrogen (secondary N) is 2. The third-order valence-electron chi connectivity index (χ3n) is 12.3. The number of carbonyl (C=O) groups excluding carboxylic acids is 1. The molecule has 10 nitrogen and oxygen atoms in total. The normalized spacial score (nSPS) is 19.5. The first-order chi connectivity index (χ1) is 30.9. The summed E-state index contributed by atoms with van der Waals surface area (Å²) in [5, 5.41) is 24.9. The summed E-state index contributed by atoms with van der Waals surface area (Å²) < 4.78 is 43.0. The van der Waals surface area contributed by atoms with Gasteiger partial charge in [0.05, 0.1) is 29.3 Å². The Hall–Kier alpha value is -5.21. The highest BCUT2D eigenvalue weighted by Gasteiger charge is 2.37. The summed E-state index contributed by atoms with van der Waals surface area (Å²) in [5.41, 5.74) is 7.14. The number of ether oxygens (including phenoxy) is 2. The second-order valence-electron chi connectivity index (χ2n) is 16.9. The molecule has 4 atom stereocenters. The number of halogens is 1. The van der Waals surface area contributed by atoms with E-state index in [2.05, 4.69) is 21.0 Å². The van der Waals surface area contributed by atoms with E-state index in [0.717, 1.165) is 50.1 Å². The molecule has 0 radical (unpaired) electrons. The summed E-state index contributed by atoms with van der Waals surface area (Å²) in [6.45, 7) is 4.13. The number of likely N-dealkylation sites (tertiary alicyclic amines) is 1. The van der Waals surface area contributed by atoms with Gasteiger partial charge in [0.15, 0.2) is 6.29 Å². The smallest absolute Gasteiger partial charge is 0.241 e. The Bertz CT molecular complexity index is 2600. The zero-order chi connectivity index (χ0) is 44.7. The van der Waals surface area contributed by atoms with Crippen LogP contribution in [0.3, 0.4) is 0 Å². The molecule has 6 aromatic rings. The van der Waals surface area contributed by atoms with Gasteiger partial charge in [-0.3, -0.25) is 4.79 Å². The minimum atomic E-state index is -3.98. The summed E-state index contributed by atoms with van der Waals surface area (Å²) in [4.78, 5) is 16.2. The molecule has 332 valence electrons. The van der Waals surface area contributed by atoms with Crippen molar-refractivity contribution >= 4 is 27.5 Å². The van der Waals surface area contributed by atoms with E-state index in [9.17, 15) is 23.4 Å². The van der Waals surface area contributed by atoms with E-state index >= 15 is 0 Å². The minimum absolute atomic E-state index is 0.0390. The number of hydrogen-bond donors (Lipinski definition) is 4. The van der Waals surface area contributed by atoms with Gasteiger partial charge >= 0.3 is 0 Å².